The molecule has 0 amide bonds. The summed E-state index contributed by atoms with van der Waals surface area (Å²) in [4.78, 5) is 1.97. The van der Waals surface area contributed by atoms with E-state index >= 15 is 0 Å². The molecule has 0 unspecified atom stereocenters. The molecule has 0 aliphatic carbocycles. The number of rotatable bonds is 6. The summed E-state index contributed by atoms with van der Waals surface area (Å²) in [6.07, 6.45) is 0. The Morgan fingerprint density at radius 1 is 1.00 bits per heavy atom. The minimum absolute atomic E-state index is 0.375. The third kappa shape index (κ3) is 3.39. The van der Waals surface area contributed by atoms with Crippen molar-refractivity contribution in [2.75, 3.05) is 31.5 Å². The summed E-state index contributed by atoms with van der Waals surface area (Å²) < 4.78 is 27.3. The average molecular weight is 310 g/mol. The Bertz CT molecular complexity index is 622. The van der Waals surface area contributed by atoms with Crippen molar-refractivity contribution in [1.29, 1.82) is 0 Å². The smallest absolute Gasteiger partial charge is 0.273 e. The molecule has 4 nitrogen and oxygen atoms in total. The lowest BCUT2D eigenvalue weighted by Crippen LogP contribution is -2.36. The van der Waals surface area contributed by atoms with Gasteiger partial charge in [-0.05, 0) is 37.7 Å². The molecule has 0 atom stereocenters. The summed E-state index contributed by atoms with van der Waals surface area (Å²) in [5, 5.41) is 1.78. The minimum Gasteiger partial charge on any atom is -0.308 e. The van der Waals surface area contributed by atoms with E-state index in [9.17, 15) is 8.42 Å². The zero-order valence-corrected chi connectivity index (χ0v) is 13.2. The number of sulfonamides is 1. The summed E-state index contributed by atoms with van der Waals surface area (Å²) in [7, 11) is 0.382. The predicted octanol–water partition coefficient (Wildman–Crippen LogP) is 2.51. The first-order chi connectivity index (χ1) is 9.51. The Kier molecular flexibility index (Phi) is 4.80. The number of thiophene rings is 1. The van der Waals surface area contributed by atoms with Crippen molar-refractivity contribution in [3.05, 3.63) is 47.8 Å². The van der Waals surface area contributed by atoms with Crippen LogP contribution in [-0.4, -0.2) is 40.5 Å². The van der Waals surface area contributed by atoms with Crippen LogP contribution in [0.5, 0.6) is 0 Å². The minimum atomic E-state index is -3.48. The van der Waals surface area contributed by atoms with Gasteiger partial charge in [0.1, 0.15) is 4.21 Å². The van der Waals surface area contributed by atoms with Gasteiger partial charge in [0.15, 0.2) is 0 Å². The zero-order valence-electron chi connectivity index (χ0n) is 11.6. The summed E-state index contributed by atoms with van der Waals surface area (Å²) in [5.41, 5.74) is 0.697. The van der Waals surface area contributed by atoms with Gasteiger partial charge in [-0.3, -0.25) is 4.31 Å². The van der Waals surface area contributed by atoms with Crippen molar-refractivity contribution < 1.29 is 8.42 Å². The van der Waals surface area contributed by atoms with E-state index < -0.39 is 10.0 Å². The first-order valence-corrected chi connectivity index (χ1v) is 8.60. The van der Waals surface area contributed by atoms with E-state index in [0.29, 0.717) is 23.0 Å². The number of nitrogens with zero attached hydrogens (tertiary/aromatic N) is 2. The Morgan fingerprint density at radius 2 is 1.70 bits per heavy atom. The van der Waals surface area contributed by atoms with E-state index in [-0.39, 0.29) is 0 Å². The molecule has 20 heavy (non-hydrogen) atoms. The van der Waals surface area contributed by atoms with Crippen molar-refractivity contribution in [3.63, 3.8) is 0 Å². The highest BCUT2D eigenvalue weighted by Gasteiger charge is 2.25. The number of anilines is 1. The van der Waals surface area contributed by atoms with Gasteiger partial charge in [-0.1, -0.05) is 24.3 Å². The van der Waals surface area contributed by atoms with Crippen LogP contribution < -0.4 is 4.31 Å². The molecule has 0 bridgehead atoms. The molecule has 2 rings (SSSR count). The Balaban J connectivity index is 2.37. The number of hydrogen-bond acceptors (Lipinski definition) is 4. The van der Waals surface area contributed by atoms with Crippen molar-refractivity contribution >= 4 is 27.0 Å². The van der Waals surface area contributed by atoms with Crippen LogP contribution in [0, 0.1) is 0 Å². The number of hydrogen-bond donors (Lipinski definition) is 0. The first-order valence-electron chi connectivity index (χ1n) is 6.28. The SMILES string of the molecule is CN(C)CCN(c1ccccc1)S(=O)(=O)c1cccs1. The van der Waals surface area contributed by atoms with Gasteiger partial charge in [0.25, 0.3) is 10.0 Å². The van der Waals surface area contributed by atoms with E-state index in [1.165, 1.54) is 15.6 Å². The molecule has 108 valence electrons. The molecule has 0 aliphatic rings. The van der Waals surface area contributed by atoms with Crippen molar-refractivity contribution in [2.45, 2.75) is 4.21 Å². The second kappa shape index (κ2) is 6.39. The van der Waals surface area contributed by atoms with Crippen LogP contribution in [0.15, 0.2) is 52.1 Å². The molecular formula is C14H18N2O2S2. The van der Waals surface area contributed by atoms with Gasteiger partial charge in [-0.25, -0.2) is 8.42 Å². The topological polar surface area (TPSA) is 40.6 Å². The summed E-state index contributed by atoms with van der Waals surface area (Å²) >= 11 is 1.24. The molecule has 0 spiro atoms. The molecular weight excluding hydrogens is 292 g/mol. The molecule has 1 aromatic carbocycles. The molecule has 0 aliphatic heterocycles. The van der Waals surface area contributed by atoms with Gasteiger partial charge in [-0.2, -0.15) is 0 Å². The third-order valence-corrected chi connectivity index (χ3v) is 6.03. The van der Waals surface area contributed by atoms with Crippen LogP contribution in [0.1, 0.15) is 0 Å². The Labute approximate surface area is 124 Å². The maximum Gasteiger partial charge on any atom is 0.273 e. The van der Waals surface area contributed by atoms with Gasteiger partial charge < -0.3 is 4.90 Å². The summed E-state index contributed by atoms with van der Waals surface area (Å²) in [6.45, 7) is 1.09. The number of para-hydroxylation sites is 1. The standard InChI is InChI=1S/C14H18N2O2S2/c1-15(2)10-11-16(13-7-4-3-5-8-13)20(17,18)14-9-6-12-19-14/h3-9,12H,10-11H2,1-2H3. The third-order valence-electron chi connectivity index (χ3n) is 2.83. The second-order valence-corrected chi connectivity index (χ2v) is 7.68. The number of likely N-dealkylation sites (N-methyl/N-ethyl adjacent to an activating group) is 1. The van der Waals surface area contributed by atoms with Crippen molar-refractivity contribution in [1.82, 2.24) is 4.90 Å². The zero-order chi connectivity index (χ0) is 14.6. The lowest BCUT2D eigenvalue weighted by Gasteiger charge is -2.25. The van der Waals surface area contributed by atoms with Gasteiger partial charge in [-0.15, -0.1) is 11.3 Å². The highest BCUT2D eigenvalue weighted by atomic mass is 32.2. The van der Waals surface area contributed by atoms with Gasteiger partial charge in [0, 0.05) is 13.1 Å². The highest BCUT2D eigenvalue weighted by molar-refractivity contribution is 7.94. The van der Waals surface area contributed by atoms with E-state index in [1.807, 2.05) is 49.3 Å². The van der Waals surface area contributed by atoms with E-state index in [4.69, 9.17) is 0 Å². The van der Waals surface area contributed by atoms with Crippen molar-refractivity contribution in [3.8, 4) is 0 Å². The fraction of sp³-hybridized carbons (Fsp3) is 0.286. The fourth-order valence-electron chi connectivity index (χ4n) is 1.79. The van der Waals surface area contributed by atoms with Crippen LogP contribution in [-0.2, 0) is 10.0 Å². The maximum absolute atomic E-state index is 12.7. The molecule has 0 fully saturated rings. The van der Waals surface area contributed by atoms with Gasteiger partial charge in [0.05, 0.1) is 5.69 Å². The van der Waals surface area contributed by atoms with Crippen molar-refractivity contribution in [2.24, 2.45) is 0 Å². The quantitative estimate of drug-likeness (QED) is 0.823. The van der Waals surface area contributed by atoms with E-state index in [0.717, 1.165) is 0 Å². The molecule has 1 aromatic heterocycles. The lowest BCUT2D eigenvalue weighted by atomic mass is 10.3. The normalized spacial score (nSPS) is 11.8. The fourth-order valence-corrected chi connectivity index (χ4v) is 4.35. The summed E-state index contributed by atoms with van der Waals surface area (Å²) in [5.74, 6) is 0. The predicted molar refractivity (Wildman–Crippen MR) is 83.8 cm³/mol. The average Bonchev–Trinajstić information content (AvgIpc) is 2.94. The lowest BCUT2D eigenvalue weighted by molar-refractivity contribution is 0.419. The molecule has 0 radical (unpaired) electrons. The molecule has 6 heteroatoms. The molecule has 0 saturated heterocycles. The molecule has 0 saturated carbocycles. The molecule has 2 aromatic rings. The van der Waals surface area contributed by atoms with Crippen LogP contribution in [0.3, 0.4) is 0 Å². The maximum atomic E-state index is 12.7. The van der Waals surface area contributed by atoms with Crippen LogP contribution in [0.2, 0.25) is 0 Å². The summed E-state index contributed by atoms with van der Waals surface area (Å²) in [6, 6.07) is 12.6. The Hall–Kier alpha value is -1.37. The van der Waals surface area contributed by atoms with E-state index in [1.54, 1.807) is 17.5 Å². The van der Waals surface area contributed by atoms with Crippen LogP contribution in [0.25, 0.3) is 0 Å². The highest BCUT2D eigenvalue weighted by Crippen LogP contribution is 2.26. The first kappa shape index (κ1) is 15.0. The van der Waals surface area contributed by atoms with Gasteiger partial charge in [0.2, 0.25) is 0 Å². The van der Waals surface area contributed by atoms with Gasteiger partial charge >= 0.3 is 0 Å². The largest absolute Gasteiger partial charge is 0.308 e. The second-order valence-electron chi connectivity index (χ2n) is 4.65. The van der Waals surface area contributed by atoms with Crippen LogP contribution >= 0.6 is 11.3 Å². The Morgan fingerprint density at radius 3 is 2.25 bits per heavy atom. The molecule has 0 N–H and O–H groups in total. The monoisotopic (exact) mass is 310 g/mol. The number of benzene rings is 1. The van der Waals surface area contributed by atoms with E-state index in [2.05, 4.69) is 0 Å². The van der Waals surface area contributed by atoms with Crippen LogP contribution in [0.4, 0.5) is 5.69 Å². The molecule has 1 heterocycles.